The summed E-state index contributed by atoms with van der Waals surface area (Å²) >= 11 is 0. The molecule has 0 heterocycles. The molecule has 0 aliphatic carbocycles. The number of nitrogens with zero attached hydrogens (tertiary/aromatic N) is 2. The third-order valence-corrected chi connectivity index (χ3v) is 1.68. The average molecular weight is 148 g/mol. The largest absolute Gasteiger partial charge is 0.867 e. The minimum atomic E-state index is -0.240. The fourth-order valence-corrected chi connectivity index (χ4v) is 0.853. The molecule has 0 saturated heterocycles. The molecule has 0 N–H and O–H groups in total. The third kappa shape index (κ3) is 1.30. The summed E-state index contributed by atoms with van der Waals surface area (Å²) in [7, 11) is 0. The van der Waals surface area contributed by atoms with E-state index in [4.69, 9.17) is 5.39 Å². The summed E-state index contributed by atoms with van der Waals surface area (Å²) in [5, 5.41) is 19.3. The predicted molar refractivity (Wildman–Crippen MR) is 40.1 cm³/mol. The van der Waals surface area contributed by atoms with Crippen LogP contribution in [0.1, 0.15) is 11.1 Å². The van der Waals surface area contributed by atoms with Crippen molar-refractivity contribution in [3.05, 3.63) is 28.2 Å². The molecule has 0 aliphatic heterocycles. The zero-order valence-electron chi connectivity index (χ0n) is 6.46. The van der Waals surface area contributed by atoms with E-state index in [2.05, 4.69) is 4.98 Å². The summed E-state index contributed by atoms with van der Waals surface area (Å²) in [5.41, 5.74) is 1.98. The van der Waals surface area contributed by atoms with Crippen LogP contribution in [0.5, 0.6) is 5.75 Å². The van der Waals surface area contributed by atoms with Crippen molar-refractivity contribution in [3.63, 3.8) is 0 Å². The molecule has 3 nitrogen and oxygen atoms in total. The Kier molecular flexibility index (Phi) is 1.77. The van der Waals surface area contributed by atoms with Crippen molar-refractivity contribution in [2.75, 3.05) is 0 Å². The van der Waals surface area contributed by atoms with Gasteiger partial charge in [-0.1, -0.05) is 6.07 Å². The van der Waals surface area contributed by atoms with Crippen molar-refractivity contribution in [1.82, 2.24) is 0 Å². The van der Waals surface area contributed by atoms with E-state index in [0.29, 0.717) is 0 Å². The highest BCUT2D eigenvalue weighted by Crippen LogP contribution is 2.26. The minimum Gasteiger partial charge on any atom is -0.867 e. The lowest BCUT2D eigenvalue weighted by Crippen LogP contribution is -1.91. The molecule has 11 heavy (non-hydrogen) atoms. The van der Waals surface area contributed by atoms with Crippen LogP contribution in [-0.4, -0.2) is 0 Å². The van der Waals surface area contributed by atoms with Gasteiger partial charge in [-0.15, -0.1) is 0 Å². The van der Waals surface area contributed by atoms with Crippen molar-refractivity contribution in [2.45, 2.75) is 13.8 Å². The van der Waals surface area contributed by atoms with Crippen LogP contribution in [-0.2, 0) is 0 Å². The maximum atomic E-state index is 11.0. The molecule has 0 bridgehead atoms. The average Bonchev–Trinajstić information content (AvgIpc) is 1.97. The van der Waals surface area contributed by atoms with Crippen LogP contribution in [0.2, 0.25) is 0 Å². The van der Waals surface area contributed by atoms with Gasteiger partial charge in [0.25, 0.3) is 0 Å². The Morgan fingerprint density at radius 3 is 2.36 bits per heavy atom. The van der Waals surface area contributed by atoms with E-state index >= 15 is 0 Å². The third-order valence-electron chi connectivity index (χ3n) is 1.68. The van der Waals surface area contributed by atoms with Crippen LogP contribution in [0.25, 0.3) is 4.98 Å². The van der Waals surface area contributed by atoms with Gasteiger partial charge in [0.05, 0.1) is 0 Å². The van der Waals surface area contributed by atoms with Crippen LogP contribution in [0.3, 0.4) is 0 Å². The summed E-state index contributed by atoms with van der Waals surface area (Å²) in [5.74, 6) is -0.240. The van der Waals surface area contributed by atoms with Crippen molar-refractivity contribution in [3.8, 4) is 5.75 Å². The first-order valence-electron chi connectivity index (χ1n) is 3.28. The normalized spacial score (nSPS) is 9.18. The molecule has 3 heteroatoms. The Morgan fingerprint density at radius 2 is 1.82 bits per heavy atom. The lowest BCUT2D eigenvalue weighted by molar-refractivity contribution is -0.267. The van der Waals surface area contributed by atoms with Crippen molar-refractivity contribution in [1.29, 1.82) is 5.39 Å². The molecule has 0 saturated carbocycles. The van der Waals surface area contributed by atoms with Gasteiger partial charge in [-0.05, 0) is 30.7 Å². The first-order valence-corrected chi connectivity index (χ1v) is 3.28. The van der Waals surface area contributed by atoms with Crippen molar-refractivity contribution < 1.29 is 5.11 Å². The number of hydrogen-bond donors (Lipinski definition) is 0. The summed E-state index contributed by atoms with van der Waals surface area (Å²) in [6.07, 6.45) is 0. The van der Waals surface area contributed by atoms with Crippen LogP contribution >= 0.6 is 0 Å². The highest BCUT2D eigenvalue weighted by molar-refractivity contribution is 5.58. The highest BCUT2D eigenvalue weighted by Gasteiger charge is 2.06. The lowest BCUT2D eigenvalue weighted by atomic mass is 10.1. The molecule has 56 valence electrons. The van der Waals surface area contributed by atoms with Crippen LogP contribution < -0.4 is 5.11 Å². The second-order valence-corrected chi connectivity index (χ2v) is 2.50. The molecule has 0 spiro atoms. The number of benzene rings is 1. The Hall–Kier alpha value is -1.56. The van der Waals surface area contributed by atoms with Crippen molar-refractivity contribution >= 4 is 5.69 Å². The highest BCUT2D eigenvalue weighted by atomic mass is 16.3. The first kappa shape index (κ1) is 7.55. The number of rotatable bonds is 0. The fourth-order valence-electron chi connectivity index (χ4n) is 0.853. The predicted octanol–water partition coefficient (Wildman–Crippen LogP) is 1.86. The number of hydrogen-bond acceptors (Lipinski definition) is 2. The van der Waals surface area contributed by atoms with Crippen molar-refractivity contribution in [2.24, 2.45) is 0 Å². The maximum absolute atomic E-state index is 11.0. The Bertz CT molecular complexity index is 326. The molecule has 1 aromatic rings. The molecule has 0 fully saturated rings. The minimum absolute atomic E-state index is 0.105. The second-order valence-electron chi connectivity index (χ2n) is 2.50. The summed E-state index contributed by atoms with van der Waals surface area (Å²) in [6.45, 7) is 3.71. The van der Waals surface area contributed by atoms with E-state index < -0.39 is 0 Å². The van der Waals surface area contributed by atoms with E-state index in [1.54, 1.807) is 6.07 Å². The molecular formula is C8H8N2O. The van der Waals surface area contributed by atoms with Gasteiger partial charge in [0.1, 0.15) is 0 Å². The molecule has 0 amide bonds. The smallest absolute Gasteiger partial charge is 0.377 e. The fraction of sp³-hybridized carbons (Fsp3) is 0.250. The van der Waals surface area contributed by atoms with Crippen LogP contribution in [0.4, 0.5) is 5.69 Å². The molecular weight excluding hydrogens is 140 g/mol. The van der Waals surface area contributed by atoms with Gasteiger partial charge in [-0.25, -0.2) is 0 Å². The molecule has 0 atom stereocenters. The van der Waals surface area contributed by atoms with Crippen LogP contribution in [0.15, 0.2) is 12.1 Å². The zero-order chi connectivity index (χ0) is 8.43. The Morgan fingerprint density at radius 1 is 1.27 bits per heavy atom. The SMILES string of the molecule is Cc1cc([O-])c([N+]#N)cc1C. The topological polar surface area (TPSA) is 51.2 Å². The summed E-state index contributed by atoms with van der Waals surface area (Å²) in [6, 6.07) is 3.03. The van der Waals surface area contributed by atoms with Gasteiger partial charge in [-0.3, -0.25) is 0 Å². The summed E-state index contributed by atoms with van der Waals surface area (Å²) in [4.78, 5) is 2.86. The summed E-state index contributed by atoms with van der Waals surface area (Å²) < 4.78 is 0. The Balaban J connectivity index is 3.35. The lowest BCUT2D eigenvalue weighted by Gasteiger charge is -2.03. The Labute approximate surface area is 64.9 Å². The van der Waals surface area contributed by atoms with E-state index in [9.17, 15) is 5.11 Å². The van der Waals surface area contributed by atoms with Gasteiger partial charge in [-0.2, -0.15) is 0 Å². The maximum Gasteiger partial charge on any atom is 0.377 e. The number of aryl methyl sites for hydroxylation is 2. The van der Waals surface area contributed by atoms with E-state index in [-0.39, 0.29) is 11.4 Å². The monoisotopic (exact) mass is 148 g/mol. The van der Waals surface area contributed by atoms with E-state index in [1.165, 1.54) is 6.07 Å². The molecule has 0 radical (unpaired) electrons. The van der Waals surface area contributed by atoms with Gasteiger partial charge >= 0.3 is 5.69 Å². The molecule has 1 rings (SSSR count). The number of diazo groups is 1. The molecule has 0 unspecified atom stereocenters. The zero-order valence-corrected chi connectivity index (χ0v) is 6.46. The standard InChI is InChI=1S/C8H8N2O/c1-5-3-7(10-9)8(11)4-6(5)2/h3-4H,1-2H3. The van der Waals surface area contributed by atoms with Gasteiger partial charge in [0, 0.05) is 6.07 Å². The van der Waals surface area contributed by atoms with Gasteiger partial charge in [0.2, 0.25) is 5.39 Å². The van der Waals surface area contributed by atoms with Gasteiger partial charge < -0.3 is 5.11 Å². The molecule has 0 aromatic heterocycles. The quantitative estimate of drug-likeness (QED) is 0.527. The van der Waals surface area contributed by atoms with E-state index in [0.717, 1.165) is 11.1 Å². The molecule has 1 aromatic carbocycles. The second kappa shape index (κ2) is 2.59. The van der Waals surface area contributed by atoms with Gasteiger partial charge in [0.15, 0.2) is 4.98 Å². The van der Waals surface area contributed by atoms with Crippen LogP contribution in [0, 0.1) is 19.2 Å². The molecule has 0 aliphatic rings. The first-order chi connectivity index (χ1) is 5.15. The van der Waals surface area contributed by atoms with E-state index in [1.807, 2.05) is 13.8 Å².